The maximum atomic E-state index is 6.57. The zero-order chi connectivity index (χ0) is 14.7. The lowest BCUT2D eigenvalue weighted by molar-refractivity contribution is 0.122. The van der Waals surface area contributed by atoms with Crippen molar-refractivity contribution < 1.29 is 4.74 Å². The fourth-order valence-electron chi connectivity index (χ4n) is 2.98. The molecule has 1 fully saturated rings. The molecule has 0 bridgehead atoms. The molecule has 21 heavy (non-hydrogen) atoms. The van der Waals surface area contributed by atoms with Crippen molar-refractivity contribution >= 4 is 5.69 Å². The van der Waals surface area contributed by atoms with E-state index in [0.29, 0.717) is 0 Å². The summed E-state index contributed by atoms with van der Waals surface area (Å²) in [5.74, 6) is 0. The second kappa shape index (κ2) is 6.29. The normalized spacial score (nSPS) is 16.8. The lowest BCUT2D eigenvalue weighted by Crippen LogP contribution is -2.37. The second-order valence-corrected chi connectivity index (χ2v) is 5.50. The molecule has 3 rings (SSSR count). The number of rotatable bonds is 3. The first-order valence-corrected chi connectivity index (χ1v) is 7.50. The van der Waals surface area contributed by atoms with Crippen molar-refractivity contribution in [1.29, 1.82) is 0 Å². The summed E-state index contributed by atoms with van der Waals surface area (Å²) in [7, 11) is 0. The molecular formula is C18H22N2O. The van der Waals surface area contributed by atoms with Crippen LogP contribution in [0.5, 0.6) is 0 Å². The number of benzene rings is 2. The average molecular weight is 282 g/mol. The van der Waals surface area contributed by atoms with E-state index < -0.39 is 0 Å². The molecule has 1 atom stereocenters. The van der Waals surface area contributed by atoms with Crippen molar-refractivity contribution in [2.24, 2.45) is 5.73 Å². The molecule has 0 spiro atoms. The fraction of sp³-hybridized carbons (Fsp3) is 0.333. The highest BCUT2D eigenvalue weighted by Gasteiger charge is 2.20. The summed E-state index contributed by atoms with van der Waals surface area (Å²) in [5.41, 5.74) is 11.4. The minimum atomic E-state index is -0.0924. The second-order valence-electron chi connectivity index (χ2n) is 5.50. The van der Waals surface area contributed by atoms with Gasteiger partial charge in [0.2, 0.25) is 0 Å². The molecule has 0 saturated carbocycles. The minimum absolute atomic E-state index is 0.0924. The van der Waals surface area contributed by atoms with E-state index >= 15 is 0 Å². The molecule has 2 aromatic rings. The van der Waals surface area contributed by atoms with Crippen LogP contribution in [0.3, 0.4) is 0 Å². The molecule has 1 heterocycles. The maximum Gasteiger partial charge on any atom is 0.0642 e. The first kappa shape index (κ1) is 14.1. The third-order valence-corrected chi connectivity index (χ3v) is 4.12. The van der Waals surface area contributed by atoms with Crippen molar-refractivity contribution in [1.82, 2.24) is 0 Å². The maximum absolute atomic E-state index is 6.57. The topological polar surface area (TPSA) is 38.5 Å². The number of anilines is 1. The monoisotopic (exact) mass is 282 g/mol. The van der Waals surface area contributed by atoms with Crippen LogP contribution in [0.4, 0.5) is 5.69 Å². The van der Waals surface area contributed by atoms with E-state index in [-0.39, 0.29) is 6.04 Å². The lowest BCUT2D eigenvalue weighted by Gasteiger charge is -2.32. The Balaban J connectivity index is 2.00. The first-order chi connectivity index (χ1) is 10.3. The quantitative estimate of drug-likeness (QED) is 0.940. The van der Waals surface area contributed by atoms with Crippen LogP contribution in [0, 0.1) is 6.92 Å². The Labute approximate surface area is 126 Å². The van der Waals surface area contributed by atoms with Gasteiger partial charge in [0, 0.05) is 18.8 Å². The summed E-state index contributed by atoms with van der Waals surface area (Å²) < 4.78 is 5.46. The standard InChI is InChI=1S/C18H22N2O/c1-14-6-5-9-16(20-10-12-21-13-11-20)17(14)18(19)15-7-3-2-4-8-15/h2-9,18H,10-13,19H2,1H3. The van der Waals surface area contributed by atoms with Crippen molar-refractivity contribution in [3.05, 3.63) is 65.2 Å². The SMILES string of the molecule is Cc1cccc(N2CCOCC2)c1C(N)c1ccccc1. The van der Waals surface area contributed by atoms with Crippen LogP contribution in [0.15, 0.2) is 48.5 Å². The summed E-state index contributed by atoms with van der Waals surface area (Å²) in [6, 6.07) is 16.6. The Kier molecular flexibility index (Phi) is 4.23. The van der Waals surface area contributed by atoms with Crippen LogP contribution >= 0.6 is 0 Å². The van der Waals surface area contributed by atoms with Crippen molar-refractivity contribution in [2.45, 2.75) is 13.0 Å². The van der Waals surface area contributed by atoms with Crippen LogP contribution in [-0.4, -0.2) is 26.3 Å². The van der Waals surface area contributed by atoms with Gasteiger partial charge in [-0.2, -0.15) is 0 Å². The third-order valence-electron chi connectivity index (χ3n) is 4.12. The third kappa shape index (κ3) is 2.94. The minimum Gasteiger partial charge on any atom is -0.378 e. The van der Waals surface area contributed by atoms with E-state index in [0.717, 1.165) is 31.9 Å². The van der Waals surface area contributed by atoms with Gasteiger partial charge in [-0.05, 0) is 29.7 Å². The van der Waals surface area contributed by atoms with Gasteiger partial charge < -0.3 is 15.4 Å². The number of hydrogen-bond acceptors (Lipinski definition) is 3. The van der Waals surface area contributed by atoms with Gasteiger partial charge in [-0.15, -0.1) is 0 Å². The zero-order valence-electron chi connectivity index (χ0n) is 12.5. The zero-order valence-corrected chi connectivity index (χ0v) is 12.5. The van der Waals surface area contributed by atoms with Gasteiger partial charge in [0.1, 0.15) is 0 Å². The molecule has 3 nitrogen and oxygen atoms in total. The van der Waals surface area contributed by atoms with Gasteiger partial charge in [-0.1, -0.05) is 42.5 Å². The molecule has 1 aliphatic rings. The number of aryl methyl sites for hydroxylation is 1. The molecule has 0 aliphatic carbocycles. The highest BCUT2D eigenvalue weighted by atomic mass is 16.5. The molecule has 3 heteroatoms. The average Bonchev–Trinajstić information content (AvgIpc) is 2.55. The van der Waals surface area contributed by atoms with Crippen LogP contribution < -0.4 is 10.6 Å². The Morgan fingerprint density at radius 3 is 2.43 bits per heavy atom. The van der Waals surface area contributed by atoms with Crippen molar-refractivity contribution in [3.8, 4) is 0 Å². The van der Waals surface area contributed by atoms with Crippen molar-refractivity contribution in [3.63, 3.8) is 0 Å². The summed E-state index contributed by atoms with van der Waals surface area (Å²) in [6.45, 7) is 5.57. The number of hydrogen-bond donors (Lipinski definition) is 1. The predicted molar refractivity (Wildman–Crippen MR) is 86.7 cm³/mol. The highest BCUT2D eigenvalue weighted by molar-refractivity contribution is 5.60. The summed E-state index contributed by atoms with van der Waals surface area (Å²) in [5, 5.41) is 0. The molecule has 0 radical (unpaired) electrons. The Morgan fingerprint density at radius 2 is 1.71 bits per heavy atom. The Hall–Kier alpha value is -1.84. The Bertz CT molecular complexity index is 591. The summed E-state index contributed by atoms with van der Waals surface area (Å²) in [4.78, 5) is 2.38. The van der Waals surface area contributed by atoms with Gasteiger partial charge in [0.15, 0.2) is 0 Å². The van der Waals surface area contributed by atoms with E-state index in [1.54, 1.807) is 0 Å². The number of morpholine rings is 1. The molecule has 1 saturated heterocycles. The van der Waals surface area contributed by atoms with Gasteiger partial charge in [-0.3, -0.25) is 0 Å². The Morgan fingerprint density at radius 1 is 1.00 bits per heavy atom. The molecule has 0 amide bonds. The van der Waals surface area contributed by atoms with Gasteiger partial charge in [0.05, 0.1) is 19.3 Å². The fourth-order valence-corrected chi connectivity index (χ4v) is 2.98. The summed E-state index contributed by atoms with van der Waals surface area (Å²) in [6.07, 6.45) is 0. The molecule has 1 unspecified atom stereocenters. The van der Waals surface area contributed by atoms with Gasteiger partial charge in [0.25, 0.3) is 0 Å². The van der Waals surface area contributed by atoms with Gasteiger partial charge >= 0.3 is 0 Å². The van der Waals surface area contributed by atoms with Crippen LogP contribution in [0.25, 0.3) is 0 Å². The highest BCUT2D eigenvalue weighted by Crippen LogP contribution is 2.32. The predicted octanol–water partition coefficient (Wildman–Crippen LogP) is 2.88. The van der Waals surface area contributed by atoms with E-state index in [9.17, 15) is 0 Å². The largest absolute Gasteiger partial charge is 0.378 e. The summed E-state index contributed by atoms with van der Waals surface area (Å²) >= 11 is 0. The van der Waals surface area contributed by atoms with Crippen LogP contribution in [0.1, 0.15) is 22.7 Å². The smallest absolute Gasteiger partial charge is 0.0642 e. The molecular weight excluding hydrogens is 260 g/mol. The van der Waals surface area contributed by atoms with E-state index in [2.05, 4.69) is 42.2 Å². The number of ether oxygens (including phenoxy) is 1. The molecule has 0 aromatic heterocycles. The number of nitrogens with zero attached hydrogens (tertiary/aromatic N) is 1. The lowest BCUT2D eigenvalue weighted by atomic mass is 9.93. The molecule has 2 N–H and O–H groups in total. The number of nitrogens with two attached hydrogens (primary N) is 1. The van der Waals surface area contributed by atoms with E-state index in [1.807, 2.05) is 18.2 Å². The van der Waals surface area contributed by atoms with E-state index in [4.69, 9.17) is 10.5 Å². The molecule has 1 aliphatic heterocycles. The van der Waals surface area contributed by atoms with Crippen molar-refractivity contribution in [2.75, 3.05) is 31.2 Å². The van der Waals surface area contributed by atoms with E-state index in [1.165, 1.54) is 16.8 Å². The molecule has 2 aromatic carbocycles. The van der Waals surface area contributed by atoms with Crippen LogP contribution in [-0.2, 0) is 4.74 Å². The van der Waals surface area contributed by atoms with Crippen LogP contribution in [0.2, 0.25) is 0 Å². The molecule has 110 valence electrons. The first-order valence-electron chi connectivity index (χ1n) is 7.50. The van der Waals surface area contributed by atoms with Gasteiger partial charge in [-0.25, -0.2) is 0 Å².